The Morgan fingerprint density at radius 3 is 2.81 bits per heavy atom. The highest BCUT2D eigenvalue weighted by molar-refractivity contribution is 7.99. The molecule has 1 aromatic carbocycles. The van der Waals surface area contributed by atoms with Crippen LogP contribution in [-0.2, 0) is 4.79 Å². The number of hydrogen-bond acceptors (Lipinski definition) is 5. The van der Waals surface area contributed by atoms with E-state index in [9.17, 15) is 9.59 Å². The third kappa shape index (κ3) is 5.36. The third-order valence-corrected chi connectivity index (χ3v) is 5.36. The smallest absolute Gasteiger partial charge is 0.345 e. The molecular weight excluding hydrogens is 350 g/mol. The standard InChI is InChI=1S/C19H23N3O3S/c1-12-9-20-19(24)22-18(12)26-11-17(23)21-13(2)15-5-7-16(8-6-15)25-10-14-3-4-14/h5-9,13-14H,3-4,10-11H2,1-2H3,(H,21,23)(H,20,22,24)/t13-/m1/s1. The maximum Gasteiger partial charge on any atom is 0.345 e. The summed E-state index contributed by atoms with van der Waals surface area (Å²) in [5, 5.41) is 3.64. The van der Waals surface area contributed by atoms with Crippen LogP contribution in [0.15, 0.2) is 40.3 Å². The lowest BCUT2D eigenvalue weighted by Gasteiger charge is -2.15. The predicted octanol–water partition coefficient (Wildman–Crippen LogP) is 2.84. The van der Waals surface area contributed by atoms with Crippen LogP contribution in [0.3, 0.4) is 0 Å². The first-order valence-electron chi connectivity index (χ1n) is 8.72. The van der Waals surface area contributed by atoms with Gasteiger partial charge in [0.2, 0.25) is 5.91 Å². The van der Waals surface area contributed by atoms with Gasteiger partial charge in [0.1, 0.15) is 5.75 Å². The minimum Gasteiger partial charge on any atom is -0.493 e. The maximum atomic E-state index is 12.2. The summed E-state index contributed by atoms with van der Waals surface area (Å²) in [5.74, 6) is 1.73. The lowest BCUT2D eigenvalue weighted by molar-refractivity contribution is -0.119. The van der Waals surface area contributed by atoms with Crippen LogP contribution in [-0.4, -0.2) is 28.2 Å². The minimum atomic E-state index is -0.407. The van der Waals surface area contributed by atoms with Crippen molar-refractivity contribution < 1.29 is 9.53 Å². The quantitative estimate of drug-likeness (QED) is 0.549. The number of H-pyrrole nitrogens is 1. The van der Waals surface area contributed by atoms with Crippen LogP contribution in [0, 0.1) is 12.8 Å². The summed E-state index contributed by atoms with van der Waals surface area (Å²) in [5.41, 5.74) is 1.46. The average molecular weight is 373 g/mol. The summed E-state index contributed by atoms with van der Waals surface area (Å²) < 4.78 is 5.73. The van der Waals surface area contributed by atoms with E-state index in [1.54, 1.807) is 0 Å². The number of aromatic amines is 1. The third-order valence-electron chi connectivity index (χ3n) is 4.24. The monoisotopic (exact) mass is 373 g/mol. The van der Waals surface area contributed by atoms with E-state index in [1.165, 1.54) is 30.8 Å². The largest absolute Gasteiger partial charge is 0.493 e. The fraction of sp³-hybridized carbons (Fsp3) is 0.421. The molecule has 1 aromatic heterocycles. The molecule has 0 unspecified atom stereocenters. The molecule has 26 heavy (non-hydrogen) atoms. The number of ether oxygens (including phenoxy) is 1. The number of hydrogen-bond donors (Lipinski definition) is 2. The second-order valence-electron chi connectivity index (χ2n) is 6.60. The van der Waals surface area contributed by atoms with Crippen LogP contribution in [0.5, 0.6) is 5.75 Å². The highest BCUT2D eigenvalue weighted by atomic mass is 32.2. The summed E-state index contributed by atoms with van der Waals surface area (Å²) in [6, 6.07) is 7.74. The first kappa shape index (κ1) is 18.5. The molecule has 7 heteroatoms. The molecule has 0 spiro atoms. The van der Waals surface area contributed by atoms with Gasteiger partial charge >= 0.3 is 5.69 Å². The molecule has 1 fully saturated rings. The molecule has 3 rings (SSSR count). The maximum absolute atomic E-state index is 12.2. The fourth-order valence-corrected chi connectivity index (χ4v) is 3.25. The first-order chi connectivity index (χ1) is 12.5. The zero-order valence-electron chi connectivity index (χ0n) is 15.0. The molecule has 0 bridgehead atoms. The lowest BCUT2D eigenvalue weighted by Crippen LogP contribution is -2.28. The number of benzene rings is 1. The number of nitrogens with zero attached hydrogens (tertiary/aromatic N) is 1. The number of aryl methyl sites for hydroxylation is 1. The van der Waals surface area contributed by atoms with E-state index >= 15 is 0 Å². The van der Waals surface area contributed by atoms with Crippen molar-refractivity contribution in [2.75, 3.05) is 12.4 Å². The van der Waals surface area contributed by atoms with Crippen LogP contribution < -0.4 is 15.7 Å². The lowest BCUT2D eigenvalue weighted by atomic mass is 10.1. The molecule has 1 atom stereocenters. The number of carbonyl (C=O) groups is 1. The van der Waals surface area contributed by atoms with E-state index in [0.29, 0.717) is 5.03 Å². The van der Waals surface area contributed by atoms with Crippen LogP contribution in [0.25, 0.3) is 0 Å². The van der Waals surface area contributed by atoms with Crippen LogP contribution >= 0.6 is 11.8 Å². The molecule has 2 aromatic rings. The summed E-state index contributed by atoms with van der Waals surface area (Å²) in [7, 11) is 0. The Morgan fingerprint density at radius 1 is 1.38 bits per heavy atom. The van der Waals surface area contributed by atoms with Gasteiger partial charge in [0.05, 0.1) is 23.4 Å². The Balaban J connectivity index is 1.48. The molecule has 1 saturated carbocycles. The zero-order chi connectivity index (χ0) is 18.5. The van der Waals surface area contributed by atoms with Gasteiger partial charge in [-0.2, -0.15) is 0 Å². The van der Waals surface area contributed by atoms with Crippen molar-refractivity contribution in [3.8, 4) is 5.75 Å². The Labute approximate surface area is 156 Å². The van der Waals surface area contributed by atoms with Gasteiger partial charge in [-0.1, -0.05) is 23.9 Å². The summed E-state index contributed by atoms with van der Waals surface area (Å²) in [4.78, 5) is 29.8. The Kier molecular flexibility index (Phi) is 5.98. The topological polar surface area (TPSA) is 84.1 Å². The average Bonchev–Trinajstić information content (AvgIpc) is 3.45. The van der Waals surface area contributed by atoms with Gasteiger partial charge < -0.3 is 15.0 Å². The Morgan fingerprint density at radius 2 is 2.12 bits per heavy atom. The zero-order valence-corrected chi connectivity index (χ0v) is 15.8. The molecule has 1 heterocycles. The number of carbonyl (C=O) groups excluding carboxylic acids is 1. The molecule has 0 aliphatic heterocycles. The van der Waals surface area contributed by atoms with Crippen molar-refractivity contribution in [3.63, 3.8) is 0 Å². The van der Waals surface area contributed by atoms with E-state index in [-0.39, 0.29) is 17.7 Å². The van der Waals surface area contributed by atoms with Gasteiger partial charge in [0.15, 0.2) is 0 Å². The molecule has 6 nitrogen and oxygen atoms in total. The number of nitrogens with one attached hydrogen (secondary N) is 2. The van der Waals surface area contributed by atoms with Crippen molar-refractivity contribution >= 4 is 17.7 Å². The van der Waals surface area contributed by atoms with Crippen molar-refractivity contribution in [2.45, 2.75) is 37.8 Å². The van der Waals surface area contributed by atoms with Crippen LogP contribution in [0.2, 0.25) is 0 Å². The molecule has 0 saturated heterocycles. The van der Waals surface area contributed by atoms with Gasteiger partial charge in [-0.3, -0.25) is 4.79 Å². The second-order valence-corrected chi connectivity index (χ2v) is 7.59. The first-order valence-corrected chi connectivity index (χ1v) is 9.70. The van der Waals surface area contributed by atoms with E-state index in [1.807, 2.05) is 38.1 Å². The molecule has 2 N–H and O–H groups in total. The SMILES string of the molecule is Cc1cnc(=O)[nH]c1SCC(=O)N[C@H](C)c1ccc(OCC2CC2)cc1. The normalized spacial score (nSPS) is 14.7. The summed E-state index contributed by atoms with van der Waals surface area (Å²) >= 11 is 1.30. The highest BCUT2D eigenvalue weighted by Gasteiger charge is 2.21. The van der Waals surface area contributed by atoms with Crippen molar-refractivity contribution in [3.05, 3.63) is 52.1 Å². The number of amides is 1. The van der Waals surface area contributed by atoms with Gasteiger partial charge in [-0.05, 0) is 55.9 Å². The van der Waals surface area contributed by atoms with E-state index in [4.69, 9.17) is 4.74 Å². The fourth-order valence-electron chi connectivity index (χ4n) is 2.45. The van der Waals surface area contributed by atoms with Gasteiger partial charge in [-0.15, -0.1) is 0 Å². The molecule has 0 radical (unpaired) electrons. The van der Waals surface area contributed by atoms with Gasteiger partial charge in [0.25, 0.3) is 0 Å². The van der Waals surface area contributed by atoms with E-state index < -0.39 is 5.69 Å². The van der Waals surface area contributed by atoms with Crippen molar-refractivity contribution in [1.29, 1.82) is 0 Å². The minimum absolute atomic E-state index is 0.0892. The van der Waals surface area contributed by atoms with Crippen molar-refractivity contribution in [2.24, 2.45) is 5.92 Å². The second kappa shape index (κ2) is 8.40. The van der Waals surface area contributed by atoms with E-state index in [0.717, 1.165) is 29.4 Å². The number of rotatable bonds is 8. The Hall–Kier alpha value is -2.28. The Bertz CT molecular complexity index is 816. The summed E-state index contributed by atoms with van der Waals surface area (Å²) in [6.07, 6.45) is 4.05. The predicted molar refractivity (Wildman–Crippen MR) is 102 cm³/mol. The molecule has 1 aliphatic rings. The van der Waals surface area contributed by atoms with Gasteiger partial charge in [-0.25, -0.2) is 9.78 Å². The molecule has 1 aliphatic carbocycles. The highest BCUT2D eigenvalue weighted by Crippen LogP contribution is 2.29. The molecule has 138 valence electrons. The van der Waals surface area contributed by atoms with Crippen molar-refractivity contribution in [1.82, 2.24) is 15.3 Å². The van der Waals surface area contributed by atoms with Gasteiger partial charge in [0, 0.05) is 6.20 Å². The molecular formula is C19H23N3O3S. The summed E-state index contributed by atoms with van der Waals surface area (Å²) in [6.45, 7) is 4.58. The van der Waals surface area contributed by atoms with Crippen LogP contribution in [0.4, 0.5) is 0 Å². The van der Waals surface area contributed by atoms with E-state index in [2.05, 4.69) is 15.3 Å². The molecule has 1 amide bonds. The van der Waals surface area contributed by atoms with Crippen LogP contribution in [0.1, 0.15) is 36.9 Å². The number of aromatic nitrogens is 2. The number of thioether (sulfide) groups is 1.